The first kappa shape index (κ1) is 24.4. The van der Waals surface area contributed by atoms with Crippen molar-refractivity contribution < 1.29 is 9.59 Å². The number of anilines is 3. The molecule has 35 heavy (non-hydrogen) atoms. The van der Waals surface area contributed by atoms with Gasteiger partial charge in [0.15, 0.2) is 0 Å². The number of nitrogens with zero attached hydrogens (tertiary/aromatic N) is 3. The smallest absolute Gasteiger partial charge is 0.258 e. The molecule has 4 rings (SSSR count). The molecular formula is C28H33N5O2. The van der Waals surface area contributed by atoms with Crippen molar-refractivity contribution in [3.8, 4) is 0 Å². The topological polar surface area (TPSA) is 77.6 Å². The fourth-order valence-electron chi connectivity index (χ4n) is 4.30. The summed E-state index contributed by atoms with van der Waals surface area (Å²) >= 11 is 0. The second-order valence-corrected chi connectivity index (χ2v) is 8.87. The molecule has 0 aliphatic carbocycles. The Morgan fingerprint density at radius 3 is 2.29 bits per heavy atom. The predicted octanol–water partition coefficient (Wildman–Crippen LogP) is 4.71. The van der Waals surface area contributed by atoms with Crippen LogP contribution in [0.4, 0.5) is 17.1 Å². The summed E-state index contributed by atoms with van der Waals surface area (Å²) in [5, 5.41) is 6.35. The quantitative estimate of drug-likeness (QED) is 0.442. The van der Waals surface area contributed by atoms with Gasteiger partial charge in [0.1, 0.15) is 0 Å². The maximum absolute atomic E-state index is 12.9. The summed E-state index contributed by atoms with van der Waals surface area (Å²) in [5.74, 6) is -0.187. The van der Waals surface area contributed by atoms with Crippen molar-refractivity contribution in [2.45, 2.75) is 25.7 Å². The minimum Gasteiger partial charge on any atom is -0.355 e. The van der Waals surface area contributed by atoms with Gasteiger partial charge in [-0.15, -0.1) is 0 Å². The molecule has 2 aromatic carbocycles. The first-order valence-corrected chi connectivity index (χ1v) is 12.3. The molecule has 1 fully saturated rings. The monoisotopic (exact) mass is 471 g/mol. The van der Waals surface area contributed by atoms with E-state index in [4.69, 9.17) is 0 Å². The van der Waals surface area contributed by atoms with E-state index in [2.05, 4.69) is 20.5 Å². The van der Waals surface area contributed by atoms with Crippen LogP contribution < -0.4 is 15.5 Å². The summed E-state index contributed by atoms with van der Waals surface area (Å²) in [5.41, 5.74) is 3.52. The van der Waals surface area contributed by atoms with E-state index in [9.17, 15) is 9.59 Å². The molecule has 2 amide bonds. The summed E-state index contributed by atoms with van der Waals surface area (Å²) in [4.78, 5) is 33.7. The van der Waals surface area contributed by atoms with Crippen LogP contribution in [-0.2, 0) is 0 Å². The number of nitrogens with one attached hydrogen (secondary N) is 2. The van der Waals surface area contributed by atoms with Crippen LogP contribution in [0.5, 0.6) is 0 Å². The number of amides is 2. The normalized spacial score (nSPS) is 13.7. The molecule has 0 saturated carbocycles. The molecule has 1 saturated heterocycles. The number of carbonyl (C=O) groups excluding carboxylic acids is 2. The highest BCUT2D eigenvalue weighted by Gasteiger charge is 2.14. The van der Waals surface area contributed by atoms with Crippen LogP contribution in [-0.4, -0.2) is 54.9 Å². The Bertz CT molecular complexity index is 1130. The van der Waals surface area contributed by atoms with Crippen molar-refractivity contribution in [2.24, 2.45) is 0 Å². The minimum absolute atomic E-state index is 0.0739. The van der Waals surface area contributed by atoms with E-state index in [1.54, 1.807) is 42.5 Å². The zero-order valence-corrected chi connectivity index (χ0v) is 20.2. The molecule has 1 aliphatic rings. The largest absolute Gasteiger partial charge is 0.355 e. The zero-order valence-electron chi connectivity index (χ0n) is 20.2. The lowest BCUT2D eigenvalue weighted by Crippen LogP contribution is -2.33. The van der Waals surface area contributed by atoms with Gasteiger partial charge in [-0.2, -0.15) is 0 Å². The Hall–Kier alpha value is -3.71. The standard InChI is InChI=1S/C28H33N5O2/c1-32(26-12-15-29-16-13-26)28(35)23-9-6-11-25(21-23)31-24-10-5-8-22(20-24)27(34)30-14-7-19-33-17-3-2-4-18-33/h5-6,8-13,15-16,20-21,31H,2-4,7,14,17-19H2,1H3,(H,30,34). The van der Waals surface area contributed by atoms with E-state index >= 15 is 0 Å². The van der Waals surface area contributed by atoms with E-state index < -0.39 is 0 Å². The lowest BCUT2D eigenvalue weighted by atomic mass is 10.1. The molecule has 0 atom stereocenters. The number of aromatic nitrogens is 1. The van der Waals surface area contributed by atoms with Gasteiger partial charge in [0.05, 0.1) is 0 Å². The number of hydrogen-bond donors (Lipinski definition) is 2. The molecule has 2 heterocycles. The molecular weight excluding hydrogens is 438 g/mol. The molecule has 0 unspecified atom stereocenters. The summed E-state index contributed by atoms with van der Waals surface area (Å²) < 4.78 is 0. The van der Waals surface area contributed by atoms with Gasteiger partial charge in [0.25, 0.3) is 11.8 Å². The molecule has 2 N–H and O–H groups in total. The maximum Gasteiger partial charge on any atom is 0.258 e. The van der Waals surface area contributed by atoms with E-state index in [0.717, 1.165) is 30.0 Å². The average Bonchev–Trinajstić information content (AvgIpc) is 2.91. The molecule has 7 heteroatoms. The number of carbonyl (C=O) groups is 2. The van der Waals surface area contributed by atoms with Gasteiger partial charge < -0.3 is 20.4 Å². The molecule has 7 nitrogen and oxygen atoms in total. The highest BCUT2D eigenvalue weighted by atomic mass is 16.2. The minimum atomic E-state index is -0.113. The van der Waals surface area contributed by atoms with Crippen molar-refractivity contribution in [3.05, 3.63) is 84.2 Å². The van der Waals surface area contributed by atoms with Gasteiger partial charge >= 0.3 is 0 Å². The van der Waals surface area contributed by atoms with Crippen molar-refractivity contribution in [1.82, 2.24) is 15.2 Å². The number of rotatable bonds is 9. The van der Waals surface area contributed by atoms with Crippen molar-refractivity contribution in [3.63, 3.8) is 0 Å². The summed E-state index contributed by atoms with van der Waals surface area (Å²) in [6.07, 6.45) is 8.18. The molecule has 0 bridgehead atoms. The Kier molecular flexibility index (Phi) is 8.46. The van der Waals surface area contributed by atoms with Gasteiger partial charge in [-0.25, -0.2) is 0 Å². The van der Waals surface area contributed by atoms with Crippen LogP contribution in [0.1, 0.15) is 46.4 Å². The number of likely N-dealkylation sites (tertiary alicyclic amines) is 1. The Morgan fingerprint density at radius 2 is 1.57 bits per heavy atom. The number of hydrogen-bond acceptors (Lipinski definition) is 5. The third kappa shape index (κ3) is 6.90. The zero-order chi connectivity index (χ0) is 24.5. The predicted molar refractivity (Wildman–Crippen MR) is 140 cm³/mol. The Balaban J connectivity index is 1.33. The molecule has 0 radical (unpaired) electrons. The first-order chi connectivity index (χ1) is 17.1. The molecule has 1 aromatic heterocycles. The highest BCUT2D eigenvalue weighted by molar-refractivity contribution is 6.06. The van der Waals surface area contributed by atoms with Crippen LogP contribution in [0.2, 0.25) is 0 Å². The summed E-state index contributed by atoms with van der Waals surface area (Å²) in [6, 6.07) is 18.3. The van der Waals surface area contributed by atoms with Crippen LogP contribution >= 0.6 is 0 Å². The summed E-state index contributed by atoms with van der Waals surface area (Å²) in [6.45, 7) is 4.05. The van der Waals surface area contributed by atoms with Gasteiger partial charge in [-0.1, -0.05) is 18.6 Å². The van der Waals surface area contributed by atoms with Crippen LogP contribution in [0.25, 0.3) is 0 Å². The third-order valence-corrected chi connectivity index (χ3v) is 6.26. The number of piperidine rings is 1. The van der Waals surface area contributed by atoms with Crippen LogP contribution in [0, 0.1) is 0 Å². The number of benzene rings is 2. The van der Waals surface area contributed by atoms with Crippen molar-refractivity contribution in [2.75, 3.05) is 43.4 Å². The second-order valence-electron chi connectivity index (χ2n) is 8.87. The fraction of sp³-hybridized carbons (Fsp3) is 0.321. The third-order valence-electron chi connectivity index (χ3n) is 6.26. The van der Waals surface area contributed by atoms with Crippen LogP contribution in [0.3, 0.4) is 0 Å². The first-order valence-electron chi connectivity index (χ1n) is 12.3. The van der Waals surface area contributed by atoms with Crippen LogP contribution in [0.15, 0.2) is 73.1 Å². The fourth-order valence-corrected chi connectivity index (χ4v) is 4.30. The Morgan fingerprint density at radius 1 is 0.914 bits per heavy atom. The molecule has 1 aliphatic heterocycles. The molecule has 3 aromatic rings. The van der Waals surface area contributed by atoms with Crippen molar-refractivity contribution >= 4 is 28.9 Å². The second kappa shape index (κ2) is 12.1. The van der Waals surface area contributed by atoms with Crippen molar-refractivity contribution in [1.29, 1.82) is 0 Å². The highest BCUT2D eigenvalue weighted by Crippen LogP contribution is 2.21. The average molecular weight is 472 g/mol. The molecule has 0 spiro atoms. The van der Waals surface area contributed by atoms with Gasteiger partial charge in [-0.3, -0.25) is 14.6 Å². The maximum atomic E-state index is 12.9. The van der Waals surface area contributed by atoms with Gasteiger partial charge in [-0.05, 0) is 87.4 Å². The Labute approximate surface area is 207 Å². The summed E-state index contributed by atoms with van der Waals surface area (Å²) in [7, 11) is 1.74. The van der Waals surface area contributed by atoms with E-state index in [0.29, 0.717) is 17.7 Å². The SMILES string of the molecule is CN(C(=O)c1cccc(Nc2cccc(C(=O)NCCCN3CCCCC3)c2)c1)c1ccncc1. The van der Waals surface area contributed by atoms with E-state index in [1.807, 2.05) is 42.5 Å². The lowest BCUT2D eigenvalue weighted by Gasteiger charge is -2.26. The van der Waals surface area contributed by atoms with Gasteiger partial charge in [0, 0.05) is 54.2 Å². The number of pyridine rings is 1. The van der Waals surface area contributed by atoms with Gasteiger partial charge in [0.2, 0.25) is 0 Å². The van der Waals surface area contributed by atoms with E-state index in [-0.39, 0.29) is 11.8 Å². The molecule has 182 valence electrons. The van der Waals surface area contributed by atoms with E-state index in [1.165, 1.54) is 32.4 Å². The lowest BCUT2D eigenvalue weighted by molar-refractivity contribution is 0.0949.